The molecule has 7 heteroatoms. The van der Waals surface area contributed by atoms with Crippen LogP contribution in [0.25, 0.3) is 11.1 Å². The van der Waals surface area contributed by atoms with Gasteiger partial charge in [-0.15, -0.1) is 0 Å². The van der Waals surface area contributed by atoms with Crippen molar-refractivity contribution in [1.82, 2.24) is 4.98 Å². The lowest BCUT2D eigenvalue weighted by Crippen LogP contribution is -2.19. The van der Waals surface area contributed by atoms with Gasteiger partial charge >= 0.3 is 6.18 Å². The fourth-order valence-electron chi connectivity index (χ4n) is 3.05. The SMILES string of the molecule is O=COC(Cc1ccccc1)Cc1[nH]c(C(F)(F)F)cc1-c1ccc(Cl)cc1. The Morgan fingerprint density at radius 1 is 1.04 bits per heavy atom. The maximum absolute atomic E-state index is 13.3. The van der Waals surface area contributed by atoms with Crippen LogP contribution in [0.15, 0.2) is 60.7 Å². The zero-order valence-corrected chi connectivity index (χ0v) is 15.4. The van der Waals surface area contributed by atoms with Crippen molar-refractivity contribution >= 4 is 18.1 Å². The van der Waals surface area contributed by atoms with Crippen molar-refractivity contribution in [3.63, 3.8) is 0 Å². The number of H-pyrrole nitrogens is 1. The number of carbonyl (C=O) groups is 1. The number of alkyl halides is 3. The van der Waals surface area contributed by atoms with Crippen LogP contribution >= 0.6 is 11.6 Å². The number of aromatic amines is 1. The lowest BCUT2D eigenvalue weighted by molar-refractivity contribution is -0.141. The molecule has 0 aliphatic rings. The molecule has 0 fully saturated rings. The maximum atomic E-state index is 13.3. The standard InChI is InChI=1S/C21H17ClF3NO2/c22-16-8-6-15(7-9-16)18-12-20(21(23,24)25)26-19(18)11-17(28-13-27)10-14-4-2-1-3-5-14/h1-9,12-13,17,26H,10-11H2. The van der Waals surface area contributed by atoms with Gasteiger partial charge in [0.25, 0.3) is 6.47 Å². The minimum atomic E-state index is -4.51. The minimum Gasteiger partial charge on any atom is -0.464 e. The Morgan fingerprint density at radius 3 is 2.32 bits per heavy atom. The van der Waals surface area contributed by atoms with E-state index < -0.39 is 18.0 Å². The summed E-state index contributed by atoms with van der Waals surface area (Å²) in [4.78, 5) is 13.4. The molecule has 1 N–H and O–H groups in total. The van der Waals surface area contributed by atoms with E-state index in [2.05, 4.69) is 4.98 Å². The Hall–Kier alpha value is -2.73. The van der Waals surface area contributed by atoms with Gasteiger partial charge in [0, 0.05) is 29.1 Å². The number of benzene rings is 2. The van der Waals surface area contributed by atoms with E-state index in [1.807, 2.05) is 30.3 Å². The molecule has 0 bridgehead atoms. The Kier molecular flexibility index (Phi) is 6.09. The van der Waals surface area contributed by atoms with E-state index in [0.717, 1.165) is 11.6 Å². The summed E-state index contributed by atoms with van der Waals surface area (Å²) >= 11 is 5.89. The van der Waals surface area contributed by atoms with Gasteiger partial charge in [0.1, 0.15) is 11.8 Å². The summed E-state index contributed by atoms with van der Waals surface area (Å²) in [5.74, 6) is 0. The van der Waals surface area contributed by atoms with Crippen molar-refractivity contribution in [3.8, 4) is 11.1 Å². The Labute approximate surface area is 165 Å². The van der Waals surface area contributed by atoms with Crippen LogP contribution in [0, 0.1) is 0 Å². The fourth-order valence-corrected chi connectivity index (χ4v) is 3.18. The number of carbonyl (C=O) groups excluding carboxylic acids is 1. The number of aromatic nitrogens is 1. The zero-order chi connectivity index (χ0) is 20.1. The second kappa shape index (κ2) is 8.52. The Bertz CT molecular complexity index is 921. The molecule has 28 heavy (non-hydrogen) atoms. The van der Waals surface area contributed by atoms with Crippen molar-refractivity contribution < 1.29 is 22.7 Å². The monoisotopic (exact) mass is 407 g/mol. The van der Waals surface area contributed by atoms with Crippen LogP contribution in [0.4, 0.5) is 13.2 Å². The van der Waals surface area contributed by atoms with Crippen LogP contribution in [0.1, 0.15) is 17.0 Å². The highest BCUT2D eigenvalue weighted by atomic mass is 35.5. The van der Waals surface area contributed by atoms with Crippen molar-refractivity contribution in [2.75, 3.05) is 0 Å². The molecule has 0 aliphatic carbocycles. The number of halogens is 4. The van der Waals surface area contributed by atoms with Gasteiger partial charge in [-0.25, -0.2) is 0 Å². The lowest BCUT2D eigenvalue weighted by Gasteiger charge is -2.16. The zero-order valence-electron chi connectivity index (χ0n) is 14.7. The molecule has 3 rings (SSSR count). The van der Waals surface area contributed by atoms with Gasteiger partial charge in [-0.2, -0.15) is 13.2 Å². The van der Waals surface area contributed by atoms with Gasteiger partial charge in [-0.1, -0.05) is 54.1 Å². The van der Waals surface area contributed by atoms with E-state index >= 15 is 0 Å². The van der Waals surface area contributed by atoms with Crippen LogP contribution in [-0.2, 0) is 28.5 Å². The third-order valence-corrected chi connectivity index (χ3v) is 4.60. The van der Waals surface area contributed by atoms with Crippen LogP contribution in [0.3, 0.4) is 0 Å². The van der Waals surface area contributed by atoms with Crippen LogP contribution in [0.2, 0.25) is 5.02 Å². The number of nitrogens with one attached hydrogen (secondary N) is 1. The van der Waals surface area contributed by atoms with Gasteiger partial charge in [0.05, 0.1) is 0 Å². The highest BCUT2D eigenvalue weighted by Gasteiger charge is 2.34. The number of hydrogen-bond acceptors (Lipinski definition) is 2. The largest absolute Gasteiger partial charge is 0.464 e. The van der Waals surface area contributed by atoms with E-state index in [4.69, 9.17) is 16.3 Å². The average Bonchev–Trinajstić information content (AvgIpc) is 3.08. The molecule has 146 valence electrons. The van der Waals surface area contributed by atoms with Crippen LogP contribution in [-0.4, -0.2) is 17.6 Å². The molecule has 0 saturated heterocycles. The molecule has 0 aliphatic heterocycles. The molecule has 1 heterocycles. The normalized spacial score (nSPS) is 12.6. The van der Waals surface area contributed by atoms with E-state index in [0.29, 0.717) is 34.7 Å². The van der Waals surface area contributed by atoms with Gasteiger partial charge in [-0.3, -0.25) is 4.79 Å². The topological polar surface area (TPSA) is 42.1 Å². The van der Waals surface area contributed by atoms with Crippen LogP contribution < -0.4 is 0 Å². The second-order valence-corrected chi connectivity index (χ2v) is 6.76. The highest BCUT2D eigenvalue weighted by Crippen LogP contribution is 2.35. The fraction of sp³-hybridized carbons (Fsp3) is 0.190. The molecule has 0 saturated carbocycles. The number of rotatable bonds is 7. The molecular weight excluding hydrogens is 391 g/mol. The first-order chi connectivity index (χ1) is 13.4. The summed E-state index contributed by atoms with van der Waals surface area (Å²) in [6.07, 6.45) is -4.62. The second-order valence-electron chi connectivity index (χ2n) is 6.33. The lowest BCUT2D eigenvalue weighted by atomic mass is 9.99. The summed E-state index contributed by atoms with van der Waals surface area (Å²) < 4.78 is 44.9. The first kappa shape index (κ1) is 20.0. The molecule has 1 unspecified atom stereocenters. The maximum Gasteiger partial charge on any atom is 0.431 e. The van der Waals surface area contributed by atoms with E-state index in [1.165, 1.54) is 0 Å². The summed E-state index contributed by atoms with van der Waals surface area (Å²) in [5, 5.41) is 0.489. The van der Waals surface area contributed by atoms with Gasteiger partial charge in [0.15, 0.2) is 0 Å². The average molecular weight is 408 g/mol. The van der Waals surface area contributed by atoms with Gasteiger partial charge in [-0.05, 0) is 29.3 Å². The van der Waals surface area contributed by atoms with Crippen molar-refractivity contribution in [1.29, 1.82) is 0 Å². The summed E-state index contributed by atoms with van der Waals surface area (Å²) in [6.45, 7) is 0.323. The third-order valence-electron chi connectivity index (χ3n) is 4.35. The van der Waals surface area contributed by atoms with Crippen molar-refractivity contribution in [2.45, 2.75) is 25.1 Å². The predicted molar refractivity (Wildman–Crippen MR) is 101 cm³/mol. The number of hydrogen-bond donors (Lipinski definition) is 1. The van der Waals surface area contributed by atoms with Crippen molar-refractivity contribution in [2.24, 2.45) is 0 Å². The molecule has 1 atom stereocenters. The summed E-state index contributed by atoms with van der Waals surface area (Å²) in [6, 6.07) is 16.9. The minimum absolute atomic E-state index is 0.113. The molecule has 0 spiro atoms. The van der Waals surface area contributed by atoms with E-state index in [1.54, 1.807) is 24.3 Å². The number of ether oxygens (including phenoxy) is 1. The van der Waals surface area contributed by atoms with Crippen LogP contribution in [0.5, 0.6) is 0 Å². The molecule has 3 nitrogen and oxygen atoms in total. The third kappa shape index (κ3) is 4.95. The molecular formula is C21H17ClF3NO2. The highest BCUT2D eigenvalue weighted by molar-refractivity contribution is 6.30. The summed E-state index contributed by atoms with van der Waals surface area (Å²) in [5.41, 5.74) is 1.41. The Morgan fingerprint density at radius 2 is 1.71 bits per heavy atom. The smallest absolute Gasteiger partial charge is 0.431 e. The Balaban J connectivity index is 1.94. The summed E-state index contributed by atoms with van der Waals surface area (Å²) in [7, 11) is 0. The molecule has 0 radical (unpaired) electrons. The van der Waals surface area contributed by atoms with Gasteiger partial charge < -0.3 is 9.72 Å². The molecule has 2 aromatic carbocycles. The molecule has 3 aromatic rings. The van der Waals surface area contributed by atoms with Crippen molar-refractivity contribution in [3.05, 3.63) is 82.6 Å². The quantitative estimate of drug-likeness (QED) is 0.512. The molecule has 0 amide bonds. The van der Waals surface area contributed by atoms with Gasteiger partial charge in [0.2, 0.25) is 0 Å². The van der Waals surface area contributed by atoms with E-state index in [-0.39, 0.29) is 6.42 Å². The van der Waals surface area contributed by atoms with E-state index in [9.17, 15) is 18.0 Å². The predicted octanol–water partition coefficient (Wildman–Crippen LogP) is 5.68. The molecule has 1 aromatic heterocycles. The first-order valence-electron chi connectivity index (χ1n) is 8.55. The first-order valence-corrected chi connectivity index (χ1v) is 8.92.